The van der Waals surface area contributed by atoms with Crippen molar-refractivity contribution in [1.29, 1.82) is 0 Å². The number of nitrogens with one attached hydrogen (secondary N) is 2. The number of ether oxygens (including phenoxy) is 1. The number of halogens is 1. The molecule has 0 saturated heterocycles. The molecule has 8 heteroatoms. The van der Waals surface area contributed by atoms with Crippen LogP contribution in [0, 0.1) is 10.6 Å². The molecule has 0 bridgehead atoms. The Balaban J connectivity index is 2.10. The average molecular weight is 412 g/mol. The van der Waals surface area contributed by atoms with E-state index in [-0.39, 0.29) is 11.7 Å². The predicted octanol–water partition coefficient (Wildman–Crippen LogP) is 4.57. The molecule has 2 aromatic heterocycles. The van der Waals surface area contributed by atoms with Crippen molar-refractivity contribution in [2.75, 3.05) is 18.5 Å². The van der Waals surface area contributed by atoms with Gasteiger partial charge in [-0.3, -0.25) is 4.79 Å². The van der Waals surface area contributed by atoms with Crippen LogP contribution in [-0.2, 0) is 16.1 Å². The maximum atomic E-state index is 13.4. The summed E-state index contributed by atoms with van der Waals surface area (Å²) < 4.78 is 21.4. The van der Waals surface area contributed by atoms with E-state index in [1.807, 2.05) is 10.6 Å². The summed E-state index contributed by atoms with van der Waals surface area (Å²) >= 11 is 5.54. The van der Waals surface area contributed by atoms with Crippen LogP contribution in [0.15, 0.2) is 55.3 Å². The number of pyridine rings is 1. The van der Waals surface area contributed by atoms with Crippen molar-refractivity contribution in [3.63, 3.8) is 0 Å². The number of carbonyl (C=O) groups excluding carboxylic acids is 1. The van der Waals surface area contributed by atoms with Gasteiger partial charge in [0.2, 0.25) is 5.91 Å². The van der Waals surface area contributed by atoms with Crippen molar-refractivity contribution in [1.82, 2.24) is 14.5 Å². The summed E-state index contributed by atoms with van der Waals surface area (Å²) in [5, 5.41) is 2.69. The van der Waals surface area contributed by atoms with Gasteiger partial charge in [-0.25, -0.2) is 9.37 Å². The van der Waals surface area contributed by atoms with Gasteiger partial charge >= 0.3 is 0 Å². The first-order valence-electron chi connectivity index (χ1n) is 9.01. The molecular weight excluding hydrogens is 391 g/mol. The molecule has 3 rings (SSSR count). The van der Waals surface area contributed by atoms with Gasteiger partial charge in [0.25, 0.3) is 0 Å². The van der Waals surface area contributed by atoms with E-state index in [2.05, 4.69) is 21.9 Å². The zero-order chi connectivity index (χ0) is 20.8. The molecule has 0 saturated carbocycles. The van der Waals surface area contributed by atoms with Crippen LogP contribution in [0.3, 0.4) is 0 Å². The Morgan fingerprint density at radius 1 is 1.34 bits per heavy atom. The van der Waals surface area contributed by atoms with Crippen LogP contribution in [0.1, 0.15) is 6.92 Å². The number of aromatic amines is 1. The second-order valence-electron chi connectivity index (χ2n) is 6.29. The Morgan fingerprint density at radius 3 is 2.79 bits per heavy atom. The molecule has 1 aromatic carbocycles. The van der Waals surface area contributed by atoms with Gasteiger partial charge in [0.1, 0.15) is 11.6 Å². The molecule has 2 heterocycles. The van der Waals surface area contributed by atoms with E-state index in [1.54, 1.807) is 30.5 Å². The van der Waals surface area contributed by atoms with Gasteiger partial charge in [-0.15, -0.1) is 6.58 Å². The van der Waals surface area contributed by atoms with Gasteiger partial charge in [0.15, 0.2) is 4.77 Å². The Hall–Kier alpha value is -3.10. The highest BCUT2D eigenvalue weighted by Crippen LogP contribution is 2.33. The molecule has 0 aliphatic heterocycles. The van der Waals surface area contributed by atoms with Crippen molar-refractivity contribution < 1.29 is 13.9 Å². The van der Waals surface area contributed by atoms with Crippen molar-refractivity contribution in [2.24, 2.45) is 0 Å². The van der Waals surface area contributed by atoms with Crippen LogP contribution < -0.4 is 5.32 Å². The summed E-state index contributed by atoms with van der Waals surface area (Å²) in [6, 6.07) is 9.78. The number of nitrogens with zero attached hydrogens (tertiary/aromatic N) is 2. The quantitative estimate of drug-likeness (QED) is 0.323. The van der Waals surface area contributed by atoms with E-state index in [0.717, 1.165) is 22.5 Å². The van der Waals surface area contributed by atoms with E-state index in [9.17, 15) is 9.18 Å². The van der Waals surface area contributed by atoms with Crippen LogP contribution in [0.5, 0.6) is 0 Å². The Kier molecular flexibility index (Phi) is 6.69. The number of aromatic nitrogens is 3. The van der Waals surface area contributed by atoms with Crippen LogP contribution in [-0.4, -0.2) is 33.7 Å². The van der Waals surface area contributed by atoms with E-state index in [4.69, 9.17) is 17.0 Å². The molecule has 1 amide bonds. The summed E-state index contributed by atoms with van der Waals surface area (Å²) in [6.07, 6.45) is 3.30. The topological polar surface area (TPSA) is 71.9 Å². The normalized spacial score (nSPS) is 10.7. The van der Waals surface area contributed by atoms with E-state index in [1.165, 1.54) is 19.1 Å². The fourth-order valence-corrected chi connectivity index (χ4v) is 3.24. The first-order valence-corrected chi connectivity index (χ1v) is 9.42. The minimum absolute atomic E-state index is 0.211. The summed E-state index contributed by atoms with van der Waals surface area (Å²) in [7, 11) is 0. The number of amides is 1. The van der Waals surface area contributed by atoms with Gasteiger partial charge in [0, 0.05) is 30.8 Å². The third-order valence-corrected chi connectivity index (χ3v) is 4.47. The highest BCUT2D eigenvalue weighted by Gasteiger charge is 2.17. The number of rotatable bonds is 8. The molecule has 0 aliphatic carbocycles. The number of carbonyl (C=O) groups is 1. The molecule has 2 N–H and O–H groups in total. The van der Waals surface area contributed by atoms with E-state index in [0.29, 0.717) is 30.3 Å². The fraction of sp³-hybridized carbons (Fsp3) is 0.190. The second kappa shape index (κ2) is 9.40. The molecule has 0 fully saturated rings. The van der Waals surface area contributed by atoms with E-state index < -0.39 is 0 Å². The van der Waals surface area contributed by atoms with Crippen molar-refractivity contribution in [2.45, 2.75) is 13.5 Å². The number of benzene rings is 1. The minimum atomic E-state index is -0.317. The number of H-pyrrole nitrogens is 1. The number of hydrogen-bond donors (Lipinski definition) is 2. The lowest BCUT2D eigenvalue weighted by molar-refractivity contribution is -0.114. The monoisotopic (exact) mass is 412 g/mol. The molecule has 3 aromatic rings. The van der Waals surface area contributed by atoms with Gasteiger partial charge in [-0.2, -0.15) is 0 Å². The summed E-state index contributed by atoms with van der Waals surface area (Å²) in [5.41, 5.74) is 3.15. The van der Waals surface area contributed by atoms with Crippen molar-refractivity contribution in [3.05, 3.63) is 65.8 Å². The summed E-state index contributed by atoms with van der Waals surface area (Å²) in [4.78, 5) is 18.8. The molecule has 0 unspecified atom stereocenters. The highest BCUT2D eigenvalue weighted by atomic mass is 32.1. The first-order chi connectivity index (χ1) is 14.0. The summed E-state index contributed by atoms with van der Waals surface area (Å²) in [6.45, 7) is 6.46. The maximum absolute atomic E-state index is 13.4. The third kappa shape index (κ3) is 5.04. The Morgan fingerprint density at radius 2 is 2.10 bits per heavy atom. The van der Waals surface area contributed by atoms with Gasteiger partial charge in [-0.1, -0.05) is 6.08 Å². The number of hydrogen-bond acceptors (Lipinski definition) is 4. The second-order valence-corrected chi connectivity index (χ2v) is 6.67. The van der Waals surface area contributed by atoms with Crippen LogP contribution in [0.4, 0.5) is 10.2 Å². The Bertz CT molecular complexity index is 1070. The molecule has 29 heavy (non-hydrogen) atoms. The highest BCUT2D eigenvalue weighted by molar-refractivity contribution is 7.71. The summed E-state index contributed by atoms with van der Waals surface area (Å²) in [5.74, 6) is -0.0956. The minimum Gasteiger partial charge on any atom is -0.376 e. The van der Waals surface area contributed by atoms with E-state index >= 15 is 0 Å². The lowest BCUT2D eigenvalue weighted by Crippen LogP contribution is -2.09. The van der Waals surface area contributed by atoms with Crippen LogP contribution in [0.2, 0.25) is 0 Å². The van der Waals surface area contributed by atoms with Crippen LogP contribution in [0.25, 0.3) is 22.5 Å². The molecule has 6 nitrogen and oxygen atoms in total. The SMILES string of the molecule is C=CCOCCn1c(-c2ccnc(NC(C)=O)c2)c(-c2ccc(F)cc2)[nH]c1=S. The molecular formula is C21H21FN4O2S. The molecule has 0 atom stereocenters. The van der Waals surface area contributed by atoms with Crippen molar-refractivity contribution >= 4 is 23.9 Å². The molecule has 0 aliphatic rings. The standard InChI is InChI=1S/C21H21FN4O2S/c1-3-11-28-12-10-26-20(16-8-9-23-18(13-16)24-14(2)27)19(25-21(26)29)15-4-6-17(22)7-5-15/h3-9,13H,1,10-12H2,2H3,(H,25,29)(H,23,24,27). The number of anilines is 1. The zero-order valence-electron chi connectivity index (χ0n) is 15.9. The maximum Gasteiger partial charge on any atom is 0.222 e. The third-order valence-electron chi connectivity index (χ3n) is 4.15. The molecule has 0 spiro atoms. The average Bonchev–Trinajstić information content (AvgIpc) is 3.02. The zero-order valence-corrected chi connectivity index (χ0v) is 16.8. The first kappa shape index (κ1) is 20.6. The Labute approximate surface area is 173 Å². The lowest BCUT2D eigenvalue weighted by atomic mass is 10.1. The van der Waals surface area contributed by atoms with Crippen LogP contribution >= 0.6 is 12.2 Å². The molecule has 150 valence electrons. The van der Waals surface area contributed by atoms with Gasteiger partial charge in [-0.05, 0) is 48.6 Å². The fourth-order valence-electron chi connectivity index (χ4n) is 2.96. The number of imidazole rings is 1. The van der Waals surface area contributed by atoms with Gasteiger partial charge < -0.3 is 19.6 Å². The largest absolute Gasteiger partial charge is 0.376 e. The van der Waals surface area contributed by atoms with Gasteiger partial charge in [0.05, 0.1) is 24.6 Å². The molecule has 0 radical (unpaired) electrons. The smallest absolute Gasteiger partial charge is 0.222 e. The lowest BCUT2D eigenvalue weighted by Gasteiger charge is -2.12. The van der Waals surface area contributed by atoms with Crippen molar-refractivity contribution in [3.8, 4) is 22.5 Å². The predicted molar refractivity (Wildman–Crippen MR) is 114 cm³/mol.